The van der Waals surface area contributed by atoms with E-state index in [0.717, 1.165) is 17.5 Å². The lowest BCUT2D eigenvalue weighted by molar-refractivity contribution is 0.256. The average molecular weight is 313 g/mol. The molecule has 1 aromatic rings. The van der Waals surface area contributed by atoms with Gasteiger partial charge in [0.25, 0.3) is 0 Å². The number of likely N-dealkylation sites (N-methyl/N-ethyl adjacent to an activating group) is 1. The van der Waals surface area contributed by atoms with E-state index in [-0.39, 0.29) is 0 Å². The van der Waals surface area contributed by atoms with Crippen molar-refractivity contribution in [2.45, 2.75) is 44.7 Å². The van der Waals surface area contributed by atoms with Crippen molar-refractivity contribution in [2.75, 3.05) is 20.1 Å². The van der Waals surface area contributed by atoms with Gasteiger partial charge in [-0.25, -0.2) is 13.1 Å². The lowest BCUT2D eigenvalue weighted by Crippen LogP contribution is -2.37. The molecule has 0 aliphatic carbocycles. The van der Waals surface area contributed by atoms with Gasteiger partial charge in [0.1, 0.15) is 0 Å². The van der Waals surface area contributed by atoms with Crippen LogP contribution in [0, 0.1) is 6.92 Å². The Morgan fingerprint density at radius 2 is 2.05 bits per heavy atom. The third kappa shape index (κ3) is 5.07. The smallest absolute Gasteiger partial charge is 0.240 e. The fourth-order valence-electron chi connectivity index (χ4n) is 2.03. The summed E-state index contributed by atoms with van der Waals surface area (Å²) in [6.07, 6.45) is 1.04. The third-order valence-corrected chi connectivity index (χ3v) is 5.48. The lowest BCUT2D eigenvalue weighted by Gasteiger charge is -2.23. The molecule has 6 heteroatoms. The number of hydrogen-bond acceptors (Lipinski definition) is 4. The molecule has 0 radical (unpaired) electrons. The second-order valence-electron chi connectivity index (χ2n) is 5.44. The van der Waals surface area contributed by atoms with Crippen LogP contribution in [0.25, 0.3) is 0 Å². The molecule has 5 nitrogen and oxygen atoms in total. The van der Waals surface area contributed by atoms with Gasteiger partial charge in [-0.1, -0.05) is 19.1 Å². The highest BCUT2D eigenvalue weighted by atomic mass is 32.2. The van der Waals surface area contributed by atoms with E-state index in [9.17, 15) is 8.42 Å². The van der Waals surface area contributed by atoms with Crippen molar-refractivity contribution in [2.24, 2.45) is 5.73 Å². The Kier molecular flexibility index (Phi) is 6.80. The summed E-state index contributed by atoms with van der Waals surface area (Å²) in [6.45, 7) is 7.45. The molecule has 0 saturated carbocycles. The van der Waals surface area contributed by atoms with Crippen LogP contribution in [-0.2, 0) is 16.6 Å². The molecule has 120 valence electrons. The summed E-state index contributed by atoms with van der Waals surface area (Å²) in [5.41, 5.74) is 7.13. The van der Waals surface area contributed by atoms with Crippen LogP contribution in [0.15, 0.2) is 23.1 Å². The van der Waals surface area contributed by atoms with Gasteiger partial charge in [0.15, 0.2) is 0 Å². The average Bonchev–Trinajstić information content (AvgIpc) is 2.46. The van der Waals surface area contributed by atoms with Crippen LogP contribution in [0.1, 0.15) is 31.4 Å². The van der Waals surface area contributed by atoms with Crippen LogP contribution in [0.5, 0.6) is 0 Å². The number of rotatable bonds is 8. The van der Waals surface area contributed by atoms with Gasteiger partial charge < -0.3 is 10.6 Å². The van der Waals surface area contributed by atoms with Gasteiger partial charge in [0.2, 0.25) is 10.0 Å². The summed E-state index contributed by atoms with van der Waals surface area (Å²) in [6, 6.07) is 5.74. The van der Waals surface area contributed by atoms with Crippen LogP contribution in [0.2, 0.25) is 0 Å². The van der Waals surface area contributed by atoms with E-state index < -0.39 is 10.0 Å². The van der Waals surface area contributed by atoms with Crippen molar-refractivity contribution < 1.29 is 8.42 Å². The zero-order chi connectivity index (χ0) is 16.0. The van der Waals surface area contributed by atoms with E-state index in [1.165, 1.54) is 0 Å². The summed E-state index contributed by atoms with van der Waals surface area (Å²) >= 11 is 0. The maximum atomic E-state index is 12.4. The minimum absolute atomic E-state index is 0.316. The molecule has 1 rings (SSSR count). The van der Waals surface area contributed by atoms with Gasteiger partial charge >= 0.3 is 0 Å². The van der Waals surface area contributed by atoms with Crippen LogP contribution in [-0.4, -0.2) is 39.5 Å². The van der Waals surface area contributed by atoms with Crippen molar-refractivity contribution in [3.8, 4) is 0 Å². The number of benzene rings is 1. The molecule has 0 aliphatic rings. The molecular formula is C15H27N3O2S. The molecule has 0 aromatic heterocycles. The molecule has 1 unspecified atom stereocenters. The van der Waals surface area contributed by atoms with Crippen LogP contribution < -0.4 is 10.5 Å². The number of nitrogens with zero attached hydrogens (tertiary/aromatic N) is 1. The summed E-state index contributed by atoms with van der Waals surface area (Å²) in [4.78, 5) is 2.46. The zero-order valence-electron chi connectivity index (χ0n) is 13.4. The molecule has 0 saturated heterocycles. The number of nitrogens with two attached hydrogens (primary N) is 1. The Bertz CT molecular complexity index is 558. The minimum Gasteiger partial charge on any atom is -0.326 e. The fraction of sp³-hybridized carbons (Fsp3) is 0.600. The largest absolute Gasteiger partial charge is 0.326 e. The summed E-state index contributed by atoms with van der Waals surface area (Å²) in [5.74, 6) is 0. The number of aryl methyl sites for hydroxylation is 1. The SMILES string of the molecule is CCC(C)N(C)CCNS(=O)(=O)c1cc(CN)ccc1C. The molecule has 1 aromatic carbocycles. The van der Waals surface area contributed by atoms with Gasteiger partial charge in [-0.05, 0) is 44.5 Å². The molecule has 0 aliphatic heterocycles. The van der Waals surface area contributed by atoms with Crippen molar-refractivity contribution in [3.05, 3.63) is 29.3 Å². The van der Waals surface area contributed by atoms with E-state index in [4.69, 9.17) is 5.73 Å². The summed E-state index contributed by atoms with van der Waals surface area (Å²) in [5, 5.41) is 0. The van der Waals surface area contributed by atoms with Crippen molar-refractivity contribution in [3.63, 3.8) is 0 Å². The number of hydrogen-bond donors (Lipinski definition) is 2. The standard InChI is InChI=1S/C15H27N3O2S/c1-5-13(3)18(4)9-8-17-21(19,20)15-10-14(11-16)7-6-12(15)2/h6-7,10,13,17H,5,8-9,11,16H2,1-4H3. The van der Waals surface area contributed by atoms with E-state index in [0.29, 0.717) is 30.6 Å². The fourth-order valence-corrected chi connectivity index (χ4v) is 3.34. The molecule has 3 N–H and O–H groups in total. The van der Waals surface area contributed by atoms with Gasteiger partial charge in [0, 0.05) is 25.7 Å². The second kappa shape index (κ2) is 7.89. The highest BCUT2D eigenvalue weighted by Gasteiger charge is 2.17. The molecule has 0 fully saturated rings. The molecule has 0 spiro atoms. The Morgan fingerprint density at radius 3 is 2.62 bits per heavy atom. The Morgan fingerprint density at radius 1 is 1.38 bits per heavy atom. The second-order valence-corrected chi connectivity index (χ2v) is 7.18. The maximum absolute atomic E-state index is 12.4. The van der Waals surface area contributed by atoms with E-state index in [1.807, 2.05) is 13.1 Å². The Labute approximate surface area is 128 Å². The van der Waals surface area contributed by atoms with Crippen molar-refractivity contribution in [1.82, 2.24) is 9.62 Å². The predicted molar refractivity (Wildman–Crippen MR) is 86.6 cm³/mol. The Balaban J connectivity index is 2.74. The molecule has 21 heavy (non-hydrogen) atoms. The first-order valence-corrected chi connectivity index (χ1v) is 8.79. The topological polar surface area (TPSA) is 75.4 Å². The van der Waals surface area contributed by atoms with Gasteiger partial charge in [-0.3, -0.25) is 0 Å². The van der Waals surface area contributed by atoms with Gasteiger partial charge in [-0.2, -0.15) is 0 Å². The quantitative estimate of drug-likeness (QED) is 0.762. The molecule has 0 heterocycles. The monoisotopic (exact) mass is 313 g/mol. The molecule has 1 atom stereocenters. The molecular weight excluding hydrogens is 286 g/mol. The normalized spacial score (nSPS) is 13.6. The van der Waals surface area contributed by atoms with E-state index in [1.54, 1.807) is 19.1 Å². The van der Waals surface area contributed by atoms with Gasteiger partial charge in [0.05, 0.1) is 4.90 Å². The first-order chi connectivity index (χ1) is 9.81. The summed E-state index contributed by atoms with van der Waals surface area (Å²) < 4.78 is 27.4. The molecule has 0 amide bonds. The maximum Gasteiger partial charge on any atom is 0.240 e. The first kappa shape index (κ1) is 18.1. The predicted octanol–water partition coefficient (Wildman–Crippen LogP) is 1.46. The third-order valence-electron chi connectivity index (χ3n) is 3.88. The summed E-state index contributed by atoms with van der Waals surface area (Å²) in [7, 11) is -1.48. The zero-order valence-corrected chi connectivity index (χ0v) is 14.2. The van der Waals surface area contributed by atoms with E-state index in [2.05, 4.69) is 23.5 Å². The van der Waals surface area contributed by atoms with E-state index >= 15 is 0 Å². The van der Waals surface area contributed by atoms with Crippen molar-refractivity contribution >= 4 is 10.0 Å². The lowest BCUT2D eigenvalue weighted by atomic mass is 10.1. The molecule has 0 bridgehead atoms. The first-order valence-electron chi connectivity index (χ1n) is 7.31. The van der Waals surface area contributed by atoms with Crippen LogP contribution in [0.3, 0.4) is 0 Å². The minimum atomic E-state index is -3.48. The number of nitrogens with one attached hydrogen (secondary N) is 1. The van der Waals surface area contributed by atoms with Crippen LogP contribution in [0.4, 0.5) is 0 Å². The highest BCUT2D eigenvalue weighted by Crippen LogP contribution is 2.16. The van der Waals surface area contributed by atoms with Gasteiger partial charge in [-0.15, -0.1) is 0 Å². The van der Waals surface area contributed by atoms with Crippen LogP contribution >= 0.6 is 0 Å². The Hall–Kier alpha value is -0.950. The van der Waals surface area contributed by atoms with Crippen molar-refractivity contribution in [1.29, 1.82) is 0 Å². The highest BCUT2D eigenvalue weighted by molar-refractivity contribution is 7.89. The number of sulfonamides is 1.